The molecule has 0 heterocycles. The number of aromatic hydroxyl groups is 1. The van der Waals surface area contributed by atoms with Crippen LogP contribution in [-0.4, -0.2) is 16.9 Å². The summed E-state index contributed by atoms with van der Waals surface area (Å²) in [7, 11) is 0. The van der Waals surface area contributed by atoms with E-state index in [-0.39, 0.29) is 17.5 Å². The van der Waals surface area contributed by atoms with Gasteiger partial charge in [0, 0.05) is 0 Å². The molecule has 0 bridgehead atoms. The molecule has 0 aliphatic carbocycles. The van der Waals surface area contributed by atoms with Gasteiger partial charge < -0.3 is 10.8 Å². The molecule has 3 heteroatoms. The first-order valence-corrected chi connectivity index (χ1v) is 4.62. The summed E-state index contributed by atoms with van der Waals surface area (Å²) < 4.78 is 0. The van der Waals surface area contributed by atoms with E-state index in [4.69, 9.17) is 5.73 Å². The summed E-state index contributed by atoms with van der Waals surface area (Å²) in [5.74, 6) is -0.145. The zero-order valence-electron chi connectivity index (χ0n) is 8.40. The molecule has 0 aliphatic heterocycles. The number of rotatable bonds is 3. The summed E-state index contributed by atoms with van der Waals surface area (Å²) in [5.41, 5.74) is 6.00. The van der Waals surface area contributed by atoms with Crippen molar-refractivity contribution in [3.05, 3.63) is 29.8 Å². The Morgan fingerprint density at radius 2 is 1.93 bits per heavy atom. The van der Waals surface area contributed by atoms with Crippen molar-refractivity contribution in [2.45, 2.75) is 19.9 Å². The lowest BCUT2D eigenvalue weighted by atomic mass is 9.95. The number of ketones is 1. The predicted octanol–water partition coefficient (Wildman–Crippen LogP) is 1.56. The van der Waals surface area contributed by atoms with Gasteiger partial charge in [-0.25, -0.2) is 0 Å². The Balaban J connectivity index is 2.95. The highest BCUT2D eigenvalue weighted by atomic mass is 16.3. The summed E-state index contributed by atoms with van der Waals surface area (Å²) in [4.78, 5) is 11.7. The number of phenolic OH excluding ortho intramolecular Hbond substituents is 1. The molecule has 0 saturated heterocycles. The van der Waals surface area contributed by atoms with Gasteiger partial charge in [-0.15, -0.1) is 0 Å². The lowest BCUT2D eigenvalue weighted by Crippen LogP contribution is -2.35. The smallest absolute Gasteiger partial charge is 0.183 e. The van der Waals surface area contributed by atoms with Crippen LogP contribution in [0.5, 0.6) is 5.75 Å². The molecule has 3 nitrogen and oxygen atoms in total. The standard InChI is InChI=1S/C11H15NO2/c1-7(2)10(12)11(14)8-5-3-4-6-9(8)13/h3-7,10,13H,12H2,1-2H3. The highest BCUT2D eigenvalue weighted by molar-refractivity contribution is 6.02. The van der Waals surface area contributed by atoms with Crippen molar-refractivity contribution in [3.63, 3.8) is 0 Å². The van der Waals surface area contributed by atoms with Crippen LogP contribution < -0.4 is 5.73 Å². The molecule has 14 heavy (non-hydrogen) atoms. The van der Waals surface area contributed by atoms with Gasteiger partial charge in [0.05, 0.1) is 11.6 Å². The van der Waals surface area contributed by atoms with Gasteiger partial charge in [0.25, 0.3) is 0 Å². The molecule has 76 valence electrons. The number of benzene rings is 1. The van der Waals surface area contributed by atoms with E-state index in [1.54, 1.807) is 18.2 Å². The molecule has 1 rings (SSSR count). The molecule has 0 aliphatic rings. The summed E-state index contributed by atoms with van der Waals surface area (Å²) in [6, 6.07) is 5.90. The highest BCUT2D eigenvalue weighted by Gasteiger charge is 2.20. The summed E-state index contributed by atoms with van der Waals surface area (Å²) in [5, 5.41) is 9.44. The van der Waals surface area contributed by atoms with Gasteiger partial charge in [-0.1, -0.05) is 26.0 Å². The summed E-state index contributed by atoms with van der Waals surface area (Å²) in [6.07, 6.45) is 0. The second kappa shape index (κ2) is 4.24. The minimum Gasteiger partial charge on any atom is -0.507 e. The van der Waals surface area contributed by atoms with Gasteiger partial charge in [0.15, 0.2) is 5.78 Å². The highest BCUT2D eigenvalue weighted by Crippen LogP contribution is 2.18. The van der Waals surface area contributed by atoms with Crippen LogP contribution in [0.2, 0.25) is 0 Å². The number of carbonyl (C=O) groups is 1. The lowest BCUT2D eigenvalue weighted by Gasteiger charge is -2.14. The number of phenols is 1. The Labute approximate surface area is 83.6 Å². The number of Topliss-reactive ketones (excluding diaryl/α,β-unsaturated/α-hetero) is 1. The van der Waals surface area contributed by atoms with E-state index in [1.807, 2.05) is 13.8 Å². The third kappa shape index (κ3) is 2.12. The minimum atomic E-state index is -0.553. The van der Waals surface area contributed by atoms with Crippen LogP contribution in [-0.2, 0) is 0 Å². The molecule has 0 fully saturated rings. The first-order chi connectivity index (χ1) is 6.54. The van der Waals surface area contributed by atoms with Gasteiger partial charge in [-0.3, -0.25) is 4.79 Å². The third-order valence-electron chi connectivity index (χ3n) is 2.19. The van der Waals surface area contributed by atoms with E-state index in [9.17, 15) is 9.90 Å². The molecule has 0 radical (unpaired) electrons. The Kier molecular flexibility index (Phi) is 3.25. The molecule has 1 unspecified atom stereocenters. The fraction of sp³-hybridized carbons (Fsp3) is 0.364. The molecule has 0 spiro atoms. The maximum Gasteiger partial charge on any atom is 0.183 e. The quantitative estimate of drug-likeness (QED) is 0.716. The second-order valence-electron chi connectivity index (χ2n) is 3.65. The number of carbonyl (C=O) groups excluding carboxylic acids is 1. The fourth-order valence-electron chi connectivity index (χ4n) is 1.16. The topological polar surface area (TPSA) is 63.3 Å². The van der Waals surface area contributed by atoms with E-state index in [0.29, 0.717) is 5.56 Å². The Hall–Kier alpha value is -1.35. The molecular weight excluding hydrogens is 178 g/mol. The van der Waals surface area contributed by atoms with Crippen molar-refractivity contribution in [2.75, 3.05) is 0 Å². The summed E-state index contributed by atoms with van der Waals surface area (Å²) in [6.45, 7) is 3.76. The van der Waals surface area contributed by atoms with E-state index >= 15 is 0 Å². The number of hydrogen-bond donors (Lipinski definition) is 2. The Bertz CT molecular complexity index is 334. The van der Waals surface area contributed by atoms with Crippen LogP contribution in [0.25, 0.3) is 0 Å². The average Bonchev–Trinajstić information content (AvgIpc) is 2.16. The first-order valence-electron chi connectivity index (χ1n) is 4.62. The Morgan fingerprint density at radius 1 is 1.36 bits per heavy atom. The van der Waals surface area contributed by atoms with E-state index in [2.05, 4.69) is 0 Å². The van der Waals surface area contributed by atoms with Crippen molar-refractivity contribution in [2.24, 2.45) is 11.7 Å². The maximum absolute atomic E-state index is 11.7. The number of nitrogens with two attached hydrogens (primary N) is 1. The first kappa shape index (κ1) is 10.7. The van der Waals surface area contributed by atoms with Gasteiger partial charge in [0.1, 0.15) is 5.75 Å². The fourth-order valence-corrected chi connectivity index (χ4v) is 1.16. The molecule has 0 amide bonds. The van der Waals surface area contributed by atoms with Gasteiger partial charge in [0.2, 0.25) is 0 Å². The van der Waals surface area contributed by atoms with Gasteiger partial charge >= 0.3 is 0 Å². The number of hydrogen-bond acceptors (Lipinski definition) is 3. The predicted molar refractivity (Wildman–Crippen MR) is 55.3 cm³/mol. The molecule has 1 atom stereocenters. The van der Waals surface area contributed by atoms with Crippen LogP contribution in [0.4, 0.5) is 0 Å². The largest absolute Gasteiger partial charge is 0.507 e. The van der Waals surface area contributed by atoms with Crippen LogP contribution in [0.3, 0.4) is 0 Å². The van der Waals surface area contributed by atoms with E-state index in [1.165, 1.54) is 6.07 Å². The molecular formula is C11H15NO2. The number of para-hydroxylation sites is 1. The third-order valence-corrected chi connectivity index (χ3v) is 2.19. The molecule has 1 aromatic rings. The van der Waals surface area contributed by atoms with Crippen molar-refractivity contribution < 1.29 is 9.90 Å². The van der Waals surface area contributed by atoms with E-state index < -0.39 is 6.04 Å². The monoisotopic (exact) mass is 193 g/mol. The molecule has 3 N–H and O–H groups in total. The van der Waals surface area contributed by atoms with Gasteiger partial charge in [-0.2, -0.15) is 0 Å². The van der Waals surface area contributed by atoms with E-state index in [0.717, 1.165) is 0 Å². The van der Waals surface area contributed by atoms with Crippen molar-refractivity contribution in [1.82, 2.24) is 0 Å². The molecule has 0 aromatic heterocycles. The van der Waals surface area contributed by atoms with Crippen molar-refractivity contribution in [3.8, 4) is 5.75 Å². The second-order valence-corrected chi connectivity index (χ2v) is 3.65. The van der Waals surface area contributed by atoms with Crippen LogP contribution in [0.1, 0.15) is 24.2 Å². The zero-order chi connectivity index (χ0) is 10.7. The van der Waals surface area contributed by atoms with Crippen molar-refractivity contribution in [1.29, 1.82) is 0 Å². The van der Waals surface area contributed by atoms with Crippen LogP contribution in [0.15, 0.2) is 24.3 Å². The molecule has 0 saturated carbocycles. The maximum atomic E-state index is 11.7. The lowest BCUT2D eigenvalue weighted by molar-refractivity contribution is 0.0938. The van der Waals surface area contributed by atoms with Crippen LogP contribution in [0, 0.1) is 5.92 Å². The van der Waals surface area contributed by atoms with Gasteiger partial charge in [-0.05, 0) is 18.1 Å². The SMILES string of the molecule is CC(C)C(N)C(=O)c1ccccc1O. The van der Waals surface area contributed by atoms with Crippen molar-refractivity contribution >= 4 is 5.78 Å². The summed E-state index contributed by atoms with van der Waals surface area (Å²) >= 11 is 0. The average molecular weight is 193 g/mol. The van der Waals surface area contributed by atoms with Crippen LogP contribution >= 0.6 is 0 Å². The molecule has 1 aromatic carbocycles. The zero-order valence-corrected chi connectivity index (χ0v) is 8.40. The normalized spacial score (nSPS) is 12.9. The Morgan fingerprint density at radius 3 is 2.43 bits per heavy atom. The minimum absolute atomic E-state index is 0.00593.